The number of fused-ring (bicyclic) bond motifs is 1. The van der Waals surface area contributed by atoms with Crippen molar-refractivity contribution in [3.05, 3.63) is 29.3 Å². The highest BCUT2D eigenvalue weighted by Gasteiger charge is 2.19. The molecule has 3 nitrogen and oxygen atoms in total. The fourth-order valence-corrected chi connectivity index (χ4v) is 2.17. The maximum atomic E-state index is 10.1. The molecule has 3 heteroatoms. The van der Waals surface area contributed by atoms with Crippen molar-refractivity contribution in [2.45, 2.75) is 32.3 Å². The number of aryl methyl sites for hydroxylation is 1. The van der Waals surface area contributed by atoms with Crippen LogP contribution in [0.1, 0.15) is 37.0 Å². The molecular weight excluding hydrogens is 216 g/mol. The molecule has 17 heavy (non-hydrogen) atoms. The first-order chi connectivity index (χ1) is 8.33. The van der Waals surface area contributed by atoms with Crippen molar-refractivity contribution in [2.24, 2.45) is 0 Å². The molecule has 0 aliphatic carbocycles. The highest BCUT2D eigenvalue weighted by Crippen LogP contribution is 2.33. The average molecular weight is 236 g/mol. The van der Waals surface area contributed by atoms with Crippen molar-refractivity contribution >= 4 is 0 Å². The first-order valence-corrected chi connectivity index (χ1v) is 6.33. The van der Waals surface area contributed by atoms with Crippen molar-refractivity contribution in [2.75, 3.05) is 19.8 Å². The predicted molar refractivity (Wildman–Crippen MR) is 66.3 cm³/mol. The minimum Gasteiger partial charge on any atom is -0.493 e. The summed E-state index contributed by atoms with van der Waals surface area (Å²) < 4.78 is 11.0. The summed E-state index contributed by atoms with van der Waals surface area (Å²) in [6, 6.07) is 6.01. The van der Waals surface area contributed by atoms with Crippen LogP contribution in [0.5, 0.6) is 5.75 Å². The van der Waals surface area contributed by atoms with Gasteiger partial charge >= 0.3 is 0 Å². The van der Waals surface area contributed by atoms with Gasteiger partial charge in [-0.2, -0.15) is 0 Å². The van der Waals surface area contributed by atoms with E-state index in [0.29, 0.717) is 19.6 Å². The van der Waals surface area contributed by atoms with Crippen molar-refractivity contribution in [3.8, 4) is 5.75 Å². The molecule has 1 aliphatic rings. The summed E-state index contributed by atoms with van der Waals surface area (Å²) in [5.41, 5.74) is 2.12. The molecule has 1 N–H and O–H groups in total. The van der Waals surface area contributed by atoms with Crippen LogP contribution < -0.4 is 4.74 Å². The summed E-state index contributed by atoms with van der Waals surface area (Å²) in [6.45, 7) is 3.99. The van der Waals surface area contributed by atoms with Crippen LogP contribution in [0.4, 0.5) is 0 Å². The summed E-state index contributed by atoms with van der Waals surface area (Å²) in [5.74, 6) is 0.891. The third-order valence-corrected chi connectivity index (χ3v) is 3.06. The van der Waals surface area contributed by atoms with Gasteiger partial charge in [0, 0.05) is 25.2 Å². The van der Waals surface area contributed by atoms with Crippen LogP contribution in [0.2, 0.25) is 0 Å². The van der Waals surface area contributed by atoms with E-state index < -0.39 is 6.10 Å². The monoisotopic (exact) mass is 236 g/mol. The number of rotatable bonds is 5. The zero-order valence-corrected chi connectivity index (χ0v) is 10.3. The van der Waals surface area contributed by atoms with E-state index in [9.17, 15) is 5.11 Å². The second-order valence-electron chi connectivity index (χ2n) is 4.29. The number of para-hydroxylation sites is 1. The van der Waals surface area contributed by atoms with Gasteiger partial charge in [0.15, 0.2) is 0 Å². The molecular formula is C14H20O3. The van der Waals surface area contributed by atoms with Crippen molar-refractivity contribution in [3.63, 3.8) is 0 Å². The van der Waals surface area contributed by atoms with Gasteiger partial charge in [-0.25, -0.2) is 0 Å². The maximum Gasteiger partial charge on any atom is 0.128 e. The van der Waals surface area contributed by atoms with Gasteiger partial charge in [0.25, 0.3) is 0 Å². The maximum absolute atomic E-state index is 10.1. The van der Waals surface area contributed by atoms with Crippen LogP contribution in [0, 0.1) is 0 Å². The molecule has 0 saturated carbocycles. The number of benzene rings is 1. The Morgan fingerprint density at radius 2 is 2.35 bits per heavy atom. The Hall–Kier alpha value is -1.06. The summed E-state index contributed by atoms with van der Waals surface area (Å²) >= 11 is 0. The smallest absolute Gasteiger partial charge is 0.128 e. The molecule has 0 bridgehead atoms. The average Bonchev–Trinajstić information content (AvgIpc) is 2.38. The zero-order valence-electron chi connectivity index (χ0n) is 10.3. The number of hydrogen-bond acceptors (Lipinski definition) is 3. The highest BCUT2D eigenvalue weighted by molar-refractivity contribution is 5.43. The van der Waals surface area contributed by atoms with Gasteiger partial charge in [0.2, 0.25) is 0 Å². The Morgan fingerprint density at radius 1 is 1.47 bits per heavy atom. The van der Waals surface area contributed by atoms with Crippen molar-refractivity contribution < 1.29 is 14.6 Å². The molecule has 0 saturated heterocycles. The Labute approximate surface area is 102 Å². The van der Waals surface area contributed by atoms with E-state index in [-0.39, 0.29) is 0 Å². The molecule has 1 atom stereocenters. The Kier molecular flexibility index (Phi) is 4.40. The van der Waals surface area contributed by atoms with Crippen LogP contribution >= 0.6 is 0 Å². The van der Waals surface area contributed by atoms with Crippen LogP contribution in [-0.4, -0.2) is 24.9 Å². The molecule has 0 fully saturated rings. The van der Waals surface area contributed by atoms with E-state index in [4.69, 9.17) is 9.47 Å². The van der Waals surface area contributed by atoms with Gasteiger partial charge in [-0.1, -0.05) is 18.2 Å². The van der Waals surface area contributed by atoms with E-state index in [2.05, 4.69) is 6.07 Å². The van der Waals surface area contributed by atoms with E-state index >= 15 is 0 Å². The second-order valence-corrected chi connectivity index (χ2v) is 4.29. The number of hydrogen-bond donors (Lipinski definition) is 1. The lowest BCUT2D eigenvalue weighted by atomic mass is 9.98. The Balaban J connectivity index is 2.09. The summed E-state index contributed by atoms with van der Waals surface area (Å²) in [4.78, 5) is 0. The Bertz CT molecular complexity index is 362. The first-order valence-electron chi connectivity index (χ1n) is 6.33. The number of aliphatic hydroxyl groups is 1. The molecule has 1 heterocycles. The number of ether oxygens (including phenoxy) is 2. The standard InChI is InChI=1S/C14H20O3/c1-2-16-10-8-13(15)12-7-3-5-11-6-4-9-17-14(11)12/h3,5,7,13,15H,2,4,6,8-10H2,1H3. The normalized spacial score (nSPS) is 16.1. The first kappa shape index (κ1) is 12.4. The lowest BCUT2D eigenvalue weighted by Crippen LogP contribution is -2.13. The lowest BCUT2D eigenvalue weighted by Gasteiger charge is -2.22. The van der Waals surface area contributed by atoms with E-state index in [1.807, 2.05) is 19.1 Å². The van der Waals surface area contributed by atoms with Gasteiger partial charge in [0.1, 0.15) is 5.75 Å². The molecule has 94 valence electrons. The minimum atomic E-state index is -0.491. The zero-order chi connectivity index (χ0) is 12.1. The quantitative estimate of drug-likeness (QED) is 0.798. The number of aliphatic hydroxyl groups excluding tert-OH is 1. The largest absolute Gasteiger partial charge is 0.493 e. The molecule has 1 unspecified atom stereocenters. The highest BCUT2D eigenvalue weighted by atomic mass is 16.5. The Morgan fingerprint density at radius 3 is 3.18 bits per heavy atom. The molecule has 1 aromatic carbocycles. The summed E-state index contributed by atoms with van der Waals surface area (Å²) in [7, 11) is 0. The second kappa shape index (κ2) is 6.03. The van der Waals surface area contributed by atoms with E-state index in [1.165, 1.54) is 5.56 Å². The van der Waals surface area contributed by atoms with Crippen LogP contribution in [-0.2, 0) is 11.2 Å². The molecule has 1 aliphatic heterocycles. The molecule has 1 aromatic rings. The molecule has 0 spiro atoms. The van der Waals surface area contributed by atoms with Gasteiger partial charge in [-0.15, -0.1) is 0 Å². The van der Waals surface area contributed by atoms with E-state index in [1.54, 1.807) is 0 Å². The summed E-state index contributed by atoms with van der Waals surface area (Å²) in [6.07, 6.45) is 2.23. The fourth-order valence-electron chi connectivity index (χ4n) is 2.17. The SMILES string of the molecule is CCOCCC(O)c1cccc2c1OCCC2. The molecule has 0 aromatic heterocycles. The molecule has 0 radical (unpaired) electrons. The van der Waals surface area contributed by atoms with Crippen molar-refractivity contribution in [1.82, 2.24) is 0 Å². The summed E-state index contributed by atoms with van der Waals surface area (Å²) in [5, 5.41) is 10.1. The van der Waals surface area contributed by atoms with Gasteiger partial charge < -0.3 is 14.6 Å². The van der Waals surface area contributed by atoms with Crippen LogP contribution in [0.15, 0.2) is 18.2 Å². The van der Waals surface area contributed by atoms with Crippen molar-refractivity contribution in [1.29, 1.82) is 0 Å². The van der Waals surface area contributed by atoms with Gasteiger partial charge in [-0.3, -0.25) is 0 Å². The fraction of sp³-hybridized carbons (Fsp3) is 0.571. The van der Waals surface area contributed by atoms with Gasteiger partial charge in [0.05, 0.1) is 12.7 Å². The van der Waals surface area contributed by atoms with Crippen LogP contribution in [0.25, 0.3) is 0 Å². The van der Waals surface area contributed by atoms with Crippen LogP contribution in [0.3, 0.4) is 0 Å². The predicted octanol–water partition coefficient (Wildman–Crippen LogP) is 2.47. The minimum absolute atomic E-state index is 0.491. The molecule has 2 rings (SSSR count). The third-order valence-electron chi connectivity index (χ3n) is 3.06. The lowest BCUT2D eigenvalue weighted by molar-refractivity contribution is 0.0865. The van der Waals surface area contributed by atoms with Gasteiger partial charge in [-0.05, 0) is 25.3 Å². The van der Waals surface area contributed by atoms with E-state index in [0.717, 1.165) is 30.8 Å². The third kappa shape index (κ3) is 2.99. The topological polar surface area (TPSA) is 38.7 Å². The molecule has 0 amide bonds.